The van der Waals surface area contributed by atoms with Crippen LogP contribution >= 0.6 is 0 Å². The summed E-state index contributed by atoms with van der Waals surface area (Å²) in [5.74, 6) is 0.355. The first kappa shape index (κ1) is 35.7. The molecule has 1 aromatic heterocycles. The quantitative estimate of drug-likeness (QED) is 0.337. The number of pyridine rings is 1. The molecule has 2 nitrogen and oxygen atoms in total. The maximum Gasteiger partial charge on any atom is 0.123 e. The number of rotatable bonds is 8. The van der Waals surface area contributed by atoms with Gasteiger partial charge >= 0.3 is 0 Å². The summed E-state index contributed by atoms with van der Waals surface area (Å²) >= 11 is 0. The van der Waals surface area contributed by atoms with Crippen LogP contribution in [-0.2, 0) is 12.8 Å². The molecule has 200 valence electrons. The number of aromatic nitrogens is 1. The van der Waals surface area contributed by atoms with Gasteiger partial charge in [0.25, 0.3) is 0 Å². The lowest BCUT2D eigenvalue weighted by Gasteiger charge is -2.10. The summed E-state index contributed by atoms with van der Waals surface area (Å²) in [7, 11) is 0. The summed E-state index contributed by atoms with van der Waals surface area (Å²) in [6.45, 7) is 28.0. The van der Waals surface area contributed by atoms with E-state index < -0.39 is 0 Å². The summed E-state index contributed by atoms with van der Waals surface area (Å²) in [6.07, 6.45) is 11.0. The SMILES string of the molecule is C=C(C)C(=C/C=C(\C)C(=C)C(C)C)C(=C)C.CC#N.CCCc1cccc(F)c1.CCc1cccnc1. The third kappa shape index (κ3) is 18.4. The number of benzene rings is 1. The average Bonchev–Trinajstić information content (AvgIpc) is 2.85. The Balaban J connectivity index is 0. The molecule has 3 heteroatoms. The van der Waals surface area contributed by atoms with Crippen molar-refractivity contribution in [3.05, 3.63) is 125 Å². The van der Waals surface area contributed by atoms with Gasteiger partial charge < -0.3 is 0 Å². The molecular formula is C34H47FN2. The Morgan fingerprint density at radius 1 is 1.00 bits per heavy atom. The number of nitrogens with zero attached hydrogens (tertiary/aromatic N) is 2. The van der Waals surface area contributed by atoms with Crippen LogP contribution in [0.2, 0.25) is 0 Å². The van der Waals surface area contributed by atoms with E-state index in [0.29, 0.717) is 5.92 Å². The molecule has 0 spiro atoms. The molecule has 0 fully saturated rings. The second-order valence-corrected chi connectivity index (χ2v) is 8.99. The first-order chi connectivity index (χ1) is 17.4. The van der Waals surface area contributed by atoms with E-state index in [1.807, 2.05) is 32.2 Å². The van der Waals surface area contributed by atoms with Crippen molar-refractivity contribution in [2.45, 2.75) is 74.7 Å². The second-order valence-electron chi connectivity index (χ2n) is 8.99. The van der Waals surface area contributed by atoms with Gasteiger partial charge in [-0.3, -0.25) is 4.98 Å². The lowest BCUT2D eigenvalue weighted by Crippen LogP contribution is -1.93. The zero-order chi connectivity index (χ0) is 28.8. The molecule has 0 saturated carbocycles. The predicted molar refractivity (Wildman–Crippen MR) is 161 cm³/mol. The van der Waals surface area contributed by atoms with Crippen LogP contribution in [0.3, 0.4) is 0 Å². The molecule has 0 amide bonds. The summed E-state index contributed by atoms with van der Waals surface area (Å²) in [5, 5.41) is 7.32. The number of halogens is 1. The van der Waals surface area contributed by atoms with Crippen LogP contribution in [0.15, 0.2) is 109 Å². The van der Waals surface area contributed by atoms with Crippen molar-refractivity contribution in [1.29, 1.82) is 5.26 Å². The number of nitriles is 1. The fourth-order valence-corrected chi connectivity index (χ4v) is 3.01. The zero-order valence-electron chi connectivity index (χ0n) is 24.4. The predicted octanol–water partition coefficient (Wildman–Crippen LogP) is 10.2. The normalized spacial score (nSPS) is 9.70. The molecule has 0 N–H and O–H groups in total. The fraction of sp³-hybridized carbons (Fsp3) is 0.353. The smallest absolute Gasteiger partial charge is 0.123 e. The summed E-state index contributed by atoms with van der Waals surface area (Å²) < 4.78 is 12.5. The molecule has 37 heavy (non-hydrogen) atoms. The highest BCUT2D eigenvalue weighted by atomic mass is 19.1. The van der Waals surface area contributed by atoms with Crippen LogP contribution in [0.1, 0.15) is 72.9 Å². The van der Waals surface area contributed by atoms with E-state index >= 15 is 0 Å². The zero-order valence-corrected chi connectivity index (χ0v) is 24.4. The Morgan fingerprint density at radius 2 is 1.57 bits per heavy atom. The highest BCUT2D eigenvalue weighted by Gasteiger charge is 2.02. The molecule has 0 aliphatic carbocycles. The van der Waals surface area contributed by atoms with Crippen LogP contribution in [0.25, 0.3) is 0 Å². The molecule has 1 heterocycles. The van der Waals surface area contributed by atoms with E-state index in [9.17, 15) is 4.39 Å². The van der Waals surface area contributed by atoms with E-state index in [4.69, 9.17) is 5.26 Å². The Bertz CT molecular complexity index is 1030. The van der Waals surface area contributed by atoms with Gasteiger partial charge in [-0.15, -0.1) is 0 Å². The van der Waals surface area contributed by atoms with Crippen LogP contribution in [0.4, 0.5) is 4.39 Å². The van der Waals surface area contributed by atoms with Gasteiger partial charge in [0.15, 0.2) is 0 Å². The molecular weight excluding hydrogens is 455 g/mol. The van der Waals surface area contributed by atoms with Gasteiger partial charge in [0, 0.05) is 19.3 Å². The molecule has 2 rings (SSSR count). The largest absolute Gasteiger partial charge is 0.264 e. The molecule has 0 unspecified atom stereocenters. The van der Waals surface area contributed by atoms with Crippen molar-refractivity contribution < 1.29 is 4.39 Å². The van der Waals surface area contributed by atoms with E-state index in [1.165, 1.54) is 29.7 Å². The number of hydrogen-bond acceptors (Lipinski definition) is 2. The first-order valence-electron chi connectivity index (χ1n) is 12.8. The van der Waals surface area contributed by atoms with Crippen molar-refractivity contribution in [1.82, 2.24) is 4.98 Å². The molecule has 0 aliphatic rings. The van der Waals surface area contributed by atoms with E-state index in [0.717, 1.165) is 41.5 Å². The number of allylic oxidation sites excluding steroid dienone is 7. The van der Waals surface area contributed by atoms with Crippen LogP contribution in [0, 0.1) is 23.1 Å². The minimum atomic E-state index is -0.133. The van der Waals surface area contributed by atoms with Gasteiger partial charge in [0.05, 0.1) is 6.07 Å². The average molecular weight is 503 g/mol. The monoisotopic (exact) mass is 502 g/mol. The van der Waals surface area contributed by atoms with E-state index in [2.05, 4.69) is 77.6 Å². The maximum absolute atomic E-state index is 12.5. The van der Waals surface area contributed by atoms with Gasteiger partial charge in [0.1, 0.15) is 5.82 Å². The van der Waals surface area contributed by atoms with Crippen LogP contribution < -0.4 is 0 Å². The Morgan fingerprint density at radius 3 is 1.95 bits per heavy atom. The van der Waals surface area contributed by atoms with Crippen molar-refractivity contribution in [3.63, 3.8) is 0 Å². The summed E-state index contributed by atoms with van der Waals surface area (Å²) in [6, 6.07) is 12.5. The van der Waals surface area contributed by atoms with Crippen molar-refractivity contribution in [3.8, 4) is 6.07 Å². The third-order valence-electron chi connectivity index (χ3n) is 5.18. The van der Waals surface area contributed by atoms with Crippen molar-refractivity contribution in [2.24, 2.45) is 5.92 Å². The summed E-state index contributed by atoms with van der Waals surface area (Å²) in [4.78, 5) is 3.96. The fourth-order valence-electron chi connectivity index (χ4n) is 3.01. The van der Waals surface area contributed by atoms with Gasteiger partial charge in [-0.1, -0.05) is 95.3 Å². The van der Waals surface area contributed by atoms with Gasteiger partial charge in [-0.2, -0.15) is 5.26 Å². The van der Waals surface area contributed by atoms with E-state index in [1.54, 1.807) is 24.4 Å². The maximum atomic E-state index is 12.5. The lowest BCUT2D eigenvalue weighted by molar-refractivity contribution is 0.625. The highest BCUT2D eigenvalue weighted by molar-refractivity contribution is 5.45. The Labute approximate surface area is 226 Å². The molecule has 2 aromatic rings. The molecule has 0 saturated heterocycles. The Hall–Kier alpha value is -3.51. The Kier molecular flexibility index (Phi) is 21.0. The molecule has 0 bridgehead atoms. The van der Waals surface area contributed by atoms with Gasteiger partial charge in [-0.05, 0) is 85.6 Å². The number of aryl methyl sites for hydroxylation is 2. The second kappa shape index (κ2) is 21.7. The molecule has 0 radical (unpaired) electrons. The minimum absolute atomic E-state index is 0.133. The third-order valence-corrected chi connectivity index (χ3v) is 5.18. The summed E-state index contributed by atoms with van der Waals surface area (Å²) in [5.41, 5.74) is 8.00. The van der Waals surface area contributed by atoms with Crippen LogP contribution in [-0.4, -0.2) is 4.98 Å². The lowest BCUT2D eigenvalue weighted by atomic mass is 9.96. The minimum Gasteiger partial charge on any atom is -0.264 e. The molecule has 0 atom stereocenters. The number of hydrogen-bond donors (Lipinski definition) is 0. The van der Waals surface area contributed by atoms with Crippen molar-refractivity contribution in [2.75, 3.05) is 0 Å². The molecule has 1 aromatic carbocycles. The topological polar surface area (TPSA) is 36.7 Å². The van der Waals surface area contributed by atoms with Crippen LogP contribution in [0.5, 0.6) is 0 Å². The molecule has 0 aliphatic heterocycles. The van der Waals surface area contributed by atoms with Gasteiger partial charge in [-0.25, -0.2) is 4.39 Å². The van der Waals surface area contributed by atoms with E-state index in [-0.39, 0.29) is 5.82 Å². The van der Waals surface area contributed by atoms with Crippen molar-refractivity contribution >= 4 is 0 Å². The first-order valence-corrected chi connectivity index (χ1v) is 12.8. The van der Waals surface area contributed by atoms with Gasteiger partial charge in [0.2, 0.25) is 0 Å². The standard InChI is InChI=1S/C16H24.C9H11F.C7H9N.C2H3N/c1-11(2)15(8)14(7)9-10-16(12(3)4)13(5)6;1-2-4-8-5-3-6-9(10)7-8;1-2-7-4-3-5-8-6-7;1-2-3/h9-11H,3,5,8H2,1-2,4,6-7H3;3,5-7H,2,4H2,1H3;3-6H,2H2,1H3;1H3/b14-9+;;;. The highest BCUT2D eigenvalue weighted by Crippen LogP contribution is 2.20.